The molecule has 0 aliphatic carbocycles. The largest absolute Gasteiger partial charge is 0.481 e. The molecule has 6 nitrogen and oxygen atoms in total. The van der Waals surface area contributed by atoms with Crippen LogP contribution in [0.4, 0.5) is 11.4 Å². The van der Waals surface area contributed by atoms with Gasteiger partial charge in [0.2, 0.25) is 0 Å². The fourth-order valence-corrected chi connectivity index (χ4v) is 3.72. The van der Waals surface area contributed by atoms with Crippen LogP contribution in [0.3, 0.4) is 0 Å². The van der Waals surface area contributed by atoms with Crippen LogP contribution in [-0.4, -0.2) is 17.0 Å². The maximum absolute atomic E-state index is 12.9. The number of aliphatic carboxylic acids is 1. The number of amides is 1. The lowest BCUT2D eigenvalue weighted by Gasteiger charge is -2.16. The number of anilines is 2. The van der Waals surface area contributed by atoms with Gasteiger partial charge in [-0.25, -0.2) is 0 Å². The number of hydrogen-bond donors (Lipinski definition) is 4. The summed E-state index contributed by atoms with van der Waals surface area (Å²) in [4.78, 5) is 24.1. The maximum atomic E-state index is 12.9. The third-order valence-corrected chi connectivity index (χ3v) is 5.24. The van der Waals surface area contributed by atoms with Crippen molar-refractivity contribution in [1.29, 1.82) is 0 Å². The second kappa shape index (κ2) is 8.63. The van der Waals surface area contributed by atoms with Gasteiger partial charge >= 0.3 is 5.97 Å². The Kier molecular flexibility index (Phi) is 5.75. The Morgan fingerprint density at radius 2 is 1.81 bits per heavy atom. The van der Waals surface area contributed by atoms with E-state index >= 15 is 0 Å². The normalized spacial score (nSPS) is 14.1. The number of nitrogens with two attached hydrogens (primary N) is 1. The van der Waals surface area contributed by atoms with E-state index in [1.54, 1.807) is 36.4 Å². The van der Waals surface area contributed by atoms with Gasteiger partial charge in [0.05, 0.1) is 23.4 Å². The molecule has 0 atom stereocenters. The predicted octanol–water partition coefficient (Wildman–Crippen LogP) is 4.36. The summed E-state index contributed by atoms with van der Waals surface area (Å²) in [5.74, 6) is -1.18. The topological polar surface area (TPSA) is 104 Å². The predicted molar refractivity (Wildman–Crippen MR) is 123 cm³/mol. The highest BCUT2D eigenvalue weighted by Crippen LogP contribution is 2.39. The van der Waals surface area contributed by atoms with E-state index in [4.69, 9.17) is 17.3 Å². The molecule has 0 spiro atoms. The molecule has 0 radical (unpaired) electrons. The number of hydrogen-bond acceptors (Lipinski definition) is 4. The molecular formula is C24H20ClN3O3. The average molecular weight is 434 g/mol. The fraction of sp³-hybridized carbons (Fsp3) is 0.0833. The molecule has 0 unspecified atom stereocenters. The minimum Gasteiger partial charge on any atom is -0.481 e. The van der Waals surface area contributed by atoms with Crippen LogP contribution in [-0.2, 0) is 22.6 Å². The van der Waals surface area contributed by atoms with Gasteiger partial charge in [-0.3, -0.25) is 9.59 Å². The summed E-state index contributed by atoms with van der Waals surface area (Å²) >= 11 is 6.09. The standard InChI is InChI=1S/C24H20ClN3O3/c25-17-6-9-19-20(12-17)28-24(31)22(19)23(27-18-7-4-14(13-26)5-8-18)16-3-1-2-15(10-16)11-21(29)30/h1-10,12,27H,11,13,26H2,(H,28,31)(H,29,30)/b23-22-. The Hall–Kier alpha value is -3.61. The molecule has 0 fully saturated rings. The molecule has 1 aliphatic rings. The van der Waals surface area contributed by atoms with Crippen molar-refractivity contribution < 1.29 is 14.7 Å². The van der Waals surface area contributed by atoms with E-state index in [9.17, 15) is 14.7 Å². The minimum absolute atomic E-state index is 0.111. The van der Waals surface area contributed by atoms with Gasteiger partial charge in [0.25, 0.3) is 5.91 Å². The monoisotopic (exact) mass is 433 g/mol. The molecular weight excluding hydrogens is 414 g/mol. The van der Waals surface area contributed by atoms with Gasteiger partial charge in [0.15, 0.2) is 0 Å². The molecule has 0 bridgehead atoms. The van der Waals surface area contributed by atoms with Crippen molar-refractivity contribution in [2.45, 2.75) is 13.0 Å². The molecule has 4 rings (SSSR count). The van der Waals surface area contributed by atoms with Gasteiger partial charge < -0.3 is 21.5 Å². The Balaban J connectivity index is 1.87. The molecule has 5 N–H and O–H groups in total. The number of nitrogens with one attached hydrogen (secondary N) is 2. The highest BCUT2D eigenvalue weighted by atomic mass is 35.5. The summed E-state index contributed by atoms with van der Waals surface area (Å²) in [5.41, 5.74) is 11.2. The van der Waals surface area contributed by atoms with E-state index < -0.39 is 5.97 Å². The lowest BCUT2D eigenvalue weighted by Crippen LogP contribution is -2.10. The summed E-state index contributed by atoms with van der Waals surface area (Å²) in [7, 11) is 0. The number of carbonyl (C=O) groups excluding carboxylic acids is 1. The lowest BCUT2D eigenvalue weighted by atomic mass is 9.98. The molecule has 0 saturated carbocycles. The van der Waals surface area contributed by atoms with Crippen molar-refractivity contribution in [2.75, 3.05) is 10.6 Å². The Bertz CT molecular complexity index is 1200. The first-order valence-corrected chi connectivity index (χ1v) is 10.0. The highest BCUT2D eigenvalue weighted by Gasteiger charge is 2.28. The Morgan fingerprint density at radius 1 is 1.03 bits per heavy atom. The van der Waals surface area contributed by atoms with E-state index in [0.717, 1.165) is 16.8 Å². The zero-order valence-electron chi connectivity index (χ0n) is 16.5. The van der Waals surface area contributed by atoms with Gasteiger partial charge in [0, 0.05) is 22.8 Å². The number of carboxylic acids is 1. The second-order valence-electron chi connectivity index (χ2n) is 7.19. The Labute approximate surface area is 184 Å². The summed E-state index contributed by atoms with van der Waals surface area (Å²) < 4.78 is 0. The fourth-order valence-electron chi connectivity index (χ4n) is 3.55. The highest BCUT2D eigenvalue weighted by molar-refractivity contribution is 6.38. The van der Waals surface area contributed by atoms with Crippen molar-refractivity contribution in [3.63, 3.8) is 0 Å². The van der Waals surface area contributed by atoms with Crippen molar-refractivity contribution in [3.8, 4) is 0 Å². The molecule has 1 amide bonds. The average Bonchev–Trinajstić information content (AvgIpc) is 3.06. The van der Waals surface area contributed by atoms with Gasteiger partial charge in [0.1, 0.15) is 0 Å². The number of fused-ring (bicyclic) bond motifs is 1. The number of halogens is 1. The third-order valence-electron chi connectivity index (χ3n) is 5.01. The zero-order valence-corrected chi connectivity index (χ0v) is 17.2. The molecule has 1 heterocycles. The minimum atomic E-state index is -0.921. The summed E-state index contributed by atoms with van der Waals surface area (Å²) in [6, 6.07) is 20.0. The van der Waals surface area contributed by atoms with Crippen LogP contribution in [0.2, 0.25) is 5.02 Å². The third kappa shape index (κ3) is 4.45. The van der Waals surface area contributed by atoms with E-state index in [0.29, 0.717) is 39.7 Å². The van der Waals surface area contributed by atoms with Crippen LogP contribution in [0.5, 0.6) is 0 Å². The van der Waals surface area contributed by atoms with Crippen LogP contribution in [0, 0.1) is 0 Å². The SMILES string of the molecule is NCc1ccc(N/C(=C2\C(=O)Nc3cc(Cl)ccc32)c2cccc(CC(=O)O)c2)cc1. The summed E-state index contributed by atoms with van der Waals surface area (Å²) in [5, 5.41) is 15.9. The van der Waals surface area contributed by atoms with Crippen molar-refractivity contribution in [2.24, 2.45) is 5.73 Å². The van der Waals surface area contributed by atoms with Gasteiger partial charge in [-0.1, -0.05) is 48.0 Å². The Morgan fingerprint density at radius 3 is 2.52 bits per heavy atom. The van der Waals surface area contributed by atoms with Crippen LogP contribution < -0.4 is 16.4 Å². The first-order chi connectivity index (χ1) is 14.9. The van der Waals surface area contributed by atoms with Crippen molar-refractivity contribution in [1.82, 2.24) is 0 Å². The van der Waals surface area contributed by atoms with Crippen molar-refractivity contribution in [3.05, 3.63) is 94.0 Å². The summed E-state index contributed by atoms with van der Waals surface area (Å²) in [6.45, 7) is 0.433. The lowest BCUT2D eigenvalue weighted by molar-refractivity contribution is -0.136. The molecule has 7 heteroatoms. The maximum Gasteiger partial charge on any atom is 0.307 e. The van der Waals surface area contributed by atoms with Gasteiger partial charge in [-0.05, 0) is 47.0 Å². The zero-order chi connectivity index (χ0) is 22.0. The van der Waals surface area contributed by atoms with E-state index in [2.05, 4.69) is 10.6 Å². The summed E-state index contributed by atoms with van der Waals surface area (Å²) in [6.07, 6.45) is -0.111. The first kappa shape index (κ1) is 20.7. The second-order valence-corrected chi connectivity index (χ2v) is 7.63. The first-order valence-electron chi connectivity index (χ1n) is 9.67. The van der Waals surface area contributed by atoms with Crippen LogP contribution in [0.1, 0.15) is 22.3 Å². The molecule has 3 aromatic rings. The van der Waals surface area contributed by atoms with E-state index in [-0.39, 0.29) is 12.3 Å². The number of carbonyl (C=O) groups is 2. The van der Waals surface area contributed by atoms with E-state index in [1.807, 2.05) is 30.3 Å². The molecule has 0 saturated heterocycles. The number of rotatable bonds is 6. The van der Waals surface area contributed by atoms with Gasteiger partial charge in [-0.15, -0.1) is 0 Å². The van der Waals surface area contributed by atoms with Crippen LogP contribution >= 0.6 is 11.6 Å². The molecule has 156 valence electrons. The van der Waals surface area contributed by atoms with Crippen LogP contribution in [0.15, 0.2) is 66.7 Å². The van der Waals surface area contributed by atoms with Crippen LogP contribution in [0.25, 0.3) is 11.3 Å². The number of carboxylic acid groups (broad SMARTS) is 1. The van der Waals surface area contributed by atoms with E-state index in [1.165, 1.54) is 0 Å². The molecule has 1 aliphatic heterocycles. The van der Waals surface area contributed by atoms with Crippen molar-refractivity contribution >= 4 is 46.1 Å². The molecule has 31 heavy (non-hydrogen) atoms. The molecule has 3 aromatic carbocycles. The molecule has 0 aromatic heterocycles. The quantitative estimate of drug-likeness (QED) is 0.432. The van der Waals surface area contributed by atoms with Gasteiger partial charge in [-0.2, -0.15) is 0 Å². The number of benzene rings is 3. The smallest absolute Gasteiger partial charge is 0.307 e.